The van der Waals surface area contributed by atoms with Gasteiger partial charge in [0.05, 0.1) is 11.0 Å². The molecule has 5 aromatic carbocycles. The Morgan fingerprint density at radius 2 is 1.26 bits per heavy atom. The van der Waals surface area contributed by atoms with Crippen molar-refractivity contribution in [2.45, 2.75) is 26.2 Å². The van der Waals surface area contributed by atoms with E-state index in [1.165, 1.54) is 21.7 Å². The van der Waals surface area contributed by atoms with Crippen LogP contribution in [0.15, 0.2) is 99.9 Å². The van der Waals surface area contributed by atoms with Crippen LogP contribution in [0, 0.1) is 0 Å². The molecule has 0 radical (unpaired) electrons. The Kier molecular flexibility index (Phi) is 5.35. The first-order valence-electron chi connectivity index (χ1n) is 11.7. The molecule has 4 heteroatoms. The molecule has 2 nitrogen and oxygen atoms in total. The minimum atomic E-state index is 0.102. The standard InChI is InChI=1S/C31H24Br2N2/c1-31(2,3)20-11-9-19(10-12-20)30-34-28-24-15-13-21(32)17-26(24)27-18-22(33)14-16-25(27)29(28)35(30)23-7-5-4-6-8-23/h4-18H,1-3H3. The van der Waals surface area contributed by atoms with Gasteiger partial charge in [-0.2, -0.15) is 0 Å². The van der Waals surface area contributed by atoms with Gasteiger partial charge in [-0.25, -0.2) is 4.98 Å². The van der Waals surface area contributed by atoms with Crippen LogP contribution in [0.1, 0.15) is 26.3 Å². The monoisotopic (exact) mass is 582 g/mol. The zero-order valence-electron chi connectivity index (χ0n) is 19.8. The van der Waals surface area contributed by atoms with E-state index in [2.05, 4.69) is 148 Å². The second kappa shape index (κ2) is 8.32. The van der Waals surface area contributed by atoms with Gasteiger partial charge in [-0.05, 0) is 58.1 Å². The molecule has 0 saturated carbocycles. The molecule has 0 spiro atoms. The highest BCUT2D eigenvalue weighted by Gasteiger charge is 2.21. The van der Waals surface area contributed by atoms with Crippen molar-refractivity contribution < 1.29 is 0 Å². The van der Waals surface area contributed by atoms with Crippen LogP contribution in [0.3, 0.4) is 0 Å². The lowest BCUT2D eigenvalue weighted by molar-refractivity contribution is 0.590. The number of fused-ring (bicyclic) bond motifs is 6. The van der Waals surface area contributed by atoms with Gasteiger partial charge in [0.15, 0.2) is 0 Å². The van der Waals surface area contributed by atoms with E-state index in [4.69, 9.17) is 4.98 Å². The van der Waals surface area contributed by atoms with E-state index in [1.807, 2.05) is 0 Å². The number of aromatic nitrogens is 2. The van der Waals surface area contributed by atoms with Crippen LogP contribution in [-0.4, -0.2) is 9.55 Å². The Hall–Kier alpha value is -2.95. The van der Waals surface area contributed by atoms with Gasteiger partial charge >= 0.3 is 0 Å². The summed E-state index contributed by atoms with van der Waals surface area (Å²) in [5.41, 5.74) is 5.77. The summed E-state index contributed by atoms with van der Waals surface area (Å²) in [5, 5.41) is 4.73. The molecule has 6 aromatic rings. The van der Waals surface area contributed by atoms with Gasteiger partial charge in [0, 0.05) is 31.0 Å². The molecule has 0 amide bonds. The normalized spacial score (nSPS) is 12.1. The first kappa shape index (κ1) is 22.5. The van der Waals surface area contributed by atoms with Gasteiger partial charge in [0.1, 0.15) is 5.82 Å². The summed E-state index contributed by atoms with van der Waals surface area (Å²) in [6.45, 7) is 6.74. The van der Waals surface area contributed by atoms with Crippen molar-refractivity contribution in [2.75, 3.05) is 0 Å². The Morgan fingerprint density at radius 3 is 1.89 bits per heavy atom. The Morgan fingerprint density at radius 1 is 0.657 bits per heavy atom. The zero-order chi connectivity index (χ0) is 24.3. The van der Waals surface area contributed by atoms with Gasteiger partial charge in [0.25, 0.3) is 0 Å². The predicted octanol–water partition coefficient (Wildman–Crippen LogP) is 9.82. The number of imidazole rings is 1. The van der Waals surface area contributed by atoms with Gasteiger partial charge in [-0.15, -0.1) is 0 Å². The highest BCUT2D eigenvalue weighted by molar-refractivity contribution is 9.10. The van der Waals surface area contributed by atoms with Crippen molar-refractivity contribution in [1.82, 2.24) is 9.55 Å². The molecule has 0 atom stereocenters. The second-order valence-electron chi connectivity index (χ2n) is 10.0. The molecule has 35 heavy (non-hydrogen) atoms. The molecular weight excluding hydrogens is 560 g/mol. The van der Waals surface area contributed by atoms with Crippen LogP contribution in [-0.2, 0) is 5.41 Å². The molecule has 0 aliphatic rings. The lowest BCUT2D eigenvalue weighted by Gasteiger charge is -2.19. The molecule has 172 valence electrons. The van der Waals surface area contributed by atoms with E-state index in [9.17, 15) is 0 Å². The van der Waals surface area contributed by atoms with Crippen molar-refractivity contribution in [1.29, 1.82) is 0 Å². The highest BCUT2D eigenvalue weighted by atomic mass is 79.9. The van der Waals surface area contributed by atoms with Gasteiger partial charge in [-0.3, -0.25) is 4.57 Å². The third kappa shape index (κ3) is 3.80. The lowest BCUT2D eigenvalue weighted by atomic mass is 9.86. The number of benzene rings is 5. The van der Waals surface area contributed by atoms with Crippen LogP contribution in [0.4, 0.5) is 0 Å². The summed E-state index contributed by atoms with van der Waals surface area (Å²) in [4.78, 5) is 5.32. The fraction of sp³-hybridized carbons (Fsp3) is 0.129. The van der Waals surface area contributed by atoms with Crippen LogP contribution < -0.4 is 0 Å². The Balaban J connectivity index is 1.78. The average Bonchev–Trinajstić information content (AvgIpc) is 3.25. The molecule has 0 fully saturated rings. The van der Waals surface area contributed by atoms with Crippen LogP contribution in [0.25, 0.3) is 49.7 Å². The average molecular weight is 584 g/mol. The number of nitrogens with zero attached hydrogens (tertiary/aromatic N) is 2. The Bertz CT molecular complexity index is 1720. The molecule has 0 aliphatic heterocycles. The predicted molar refractivity (Wildman–Crippen MR) is 156 cm³/mol. The molecule has 1 aromatic heterocycles. The molecule has 0 unspecified atom stereocenters. The van der Waals surface area contributed by atoms with E-state index < -0.39 is 0 Å². The number of hydrogen-bond acceptors (Lipinski definition) is 1. The summed E-state index contributed by atoms with van der Waals surface area (Å²) < 4.78 is 4.44. The smallest absolute Gasteiger partial charge is 0.145 e. The first-order valence-corrected chi connectivity index (χ1v) is 13.3. The molecule has 0 saturated heterocycles. The SMILES string of the molecule is CC(C)(C)c1ccc(-c2nc3c4ccc(Br)cc4c4cc(Br)ccc4c3n2-c2ccccc2)cc1. The summed E-state index contributed by atoms with van der Waals surface area (Å²) in [6.07, 6.45) is 0. The summed E-state index contributed by atoms with van der Waals surface area (Å²) in [6, 6.07) is 32.4. The highest BCUT2D eigenvalue weighted by Crippen LogP contribution is 2.41. The summed E-state index contributed by atoms with van der Waals surface area (Å²) in [7, 11) is 0. The van der Waals surface area contributed by atoms with Crippen molar-refractivity contribution in [3.63, 3.8) is 0 Å². The second-order valence-corrected chi connectivity index (χ2v) is 11.8. The molecular formula is C31H24Br2N2. The number of para-hydroxylation sites is 1. The third-order valence-corrected chi connectivity index (χ3v) is 7.65. The molecule has 0 aliphatic carbocycles. The minimum Gasteiger partial charge on any atom is -0.292 e. The van der Waals surface area contributed by atoms with Crippen molar-refractivity contribution in [3.05, 3.63) is 106 Å². The number of hydrogen-bond donors (Lipinski definition) is 0. The van der Waals surface area contributed by atoms with Crippen LogP contribution in [0.5, 0.6) is 0 Å². The van der Waals surface area contributed by atoms with Gasteiger partial charge < -0.3 is 0 Å². The van der Waals surface area contributed by atoms with Crippen LogP contribution >= 0.6 is 31.9 Å². The van der Waals surface area contributed by atoms with Crippen molar-refractivity contribution >= 4 is 64.4 Å². The zero-order valence-corrected chi connectivity index (χ0v) is 23.0. The fourth-order valence-electron chi connectivity index (χ4n) is 4.89. The molecule has 0 N–H and O–H groups in total. The van der Waals surface area contributed by atoms with Crippen LogP contribution in [0.2, 0.25) is 0 Å². The number of rotatable bonds is 2. The third-order valence-electron chi connectivity index (χ3n) is 6.66. The largest absolute Gasteiger partial charge is 0.292 e. The molecule has 6 rings (SSSR count). The van der Waals surface area contributed by atoms with E-state index in [-0.39, 0.29) is 5.41 Å². The minimum absolute atomic E-state index is 0.102. The Labute approximate surface area is 221 Å². The fourth-order valence-corrected chi connectivity index (χ4v) is 5.61. The summed E-state index contributed by atoms with van der Waals surface area (Å²) in [5.74, 6) is 0.950. The number of halogens is 2. The quantitative estimate of drug-likeness (QED) is 0.185. The molecule has 1 heterocycles. The van der Waals surface area contributed by atoms with E-state index >= 15 is 0 Å². The topological polar surface area (TPSA) is 17.8 Å². The first-order chi connectivity index (χ1) is 16.8. The maximum atomic E-state index is 5.32. The van der Waals surface area contributed by atoms with E-state index in [0.717, 1.165) is 42.4 Å². The van der Waals surface area contributed by atoms with E-state index in [1.54, 1.807) is 0 Å². The van der Waals surface area contributed by atoms with Gasteiger partial charge in [-0.1, -0.05) is 107 Å². The van der Waals surface area contributed by atoms with E-state index in [0.29, 0.717) is 0 Å². The maximum absolute atomic E-state index is 5.32. The van der Waals surface area contributed by atoms with Gasteiger partial charge in [0.2, 0.25) is 0 Å². The van der Waals surface area contributed by atoms with Crippen molar-refractivity contribution in [2.24, 2.45) is 0 Å². The maximum Gasteiger partial charge on any atom is 0.145 e. The molecule has 0 bridgehead atoms. The lowest BCUT2D eigenvalue weighted by Crippen LogP contribution is -2.10. The van der Waals surface area contributed by atoms with Crippen molar-refractivity contribution in [3.8, 4) is 17.1 Å². The summed E-state index contributed by atoms with van der Waals surface area (Å²) >= 11 is 7.37.